The van der Waals surface area contributed by atoms with Crippen molar-refractivity contribution in [1.82, 2.24) is 0 Å². The van der Waals surface area contributed by atoms with Gasteiger partial charge in [0.25, 0.3) is 5.91 Å². The van der Waals surface area contributed by atoms with Crippen LogP contribution in [0, 0.1) is 6.92 Å². The van der Waals surface area contributed by atoms with Gasteiger partial charge in [-0.15, -0.1) is 0 Å². The number of ether oxygens (including phenoxy) is 2. The Morgan fingerprint density at radius 3 is 2.88 bits per heavy atom. The number of amides is 1. The lowest BCUT2D eigenvalue weighted by Gasteiger charge is -2.15. The molecule has 1 aliphatic rings. The summed E-state index contributed by atoms with van der Waals surface area (Å²) in [5.41, 5.74) is 1.40. The molecule has 90 valence electrons. The molecule has 0 aromatic heterocycles. The number of aryl methyl sites for hydroxylation is 1. The van der Waals surface area contributed by atoms with Gasteiger partial charge in [0.2, 0.25) is 5.76 Å². The Labute approximate surface area is 98.7 Å². The second kappa shape index (κ2) is 4.78. The molecule has 1 aromatic carbocycles. The lowest BCUT2D eigenvalue weighted by atomic mass is 10.2. The molecule has 5 nitrogen and oxygen atoms in total. The van der Waals surface area contributed by atoms with Gasteiger partial charge in [-0.3, -0.25) is 4.79 Å². The Hall–Kier alpha value is -2.17. The summed E-state index contributed by atoms with van der Waals surface area (Å²) in [7, 11) is 0. The summed E-state index contributed by atoms with van der Waals surface area (Å²) in [6.07, 6.45) is 1.30. The fraction of sp³-hybridized carbons (Fsp3) is 0.250. The SMILES string of the molecule is Cc1cc(O)ccc1NC(=O)C1=COCCO1. The molecular formula is C12H13NO4. The van der Waals surface area contributed by atoms with Crippen molar-refractivity contribution in [2.45, 2.75) is 6.92 Å². The van der Waals surface area contributed by atoms with E-state index in [1.165, 1.54) is 12.3 Å². The Kier molecular flexibility index (Phi) is 3.18. The minimum atomic E-state index is -0.363. The molecule has 1 amide bonds. The van der Waals surface area contributed by atoms with Gasteiger partial charge in [0, 0.05) is 5.69 Å². The van der Waals surface area contributed by atoms with Crippen molar-refractivity contribution in [2.24, 2.45) is 0 Å². The van der Waals surface area contributed by atoms with Gasteiger partial charge in [0.1, 0.15) is 25.2 Å². The maximum absolute atomic E-state index is 11.8. The van der Waals surface area contributed by atoms with Crippen molar-refractivity contribution >= 4 is 11.6 Å². The molecule has 2 rings (SSSR count). The van der Waals surface area contributed by atoms with Crippen LogP contribution < -0.4 is 5.32 Å². The van der Waals surface area contributed by atoms with Crippen LogP contribution in [0.2, 0.25) is 0 Å². The molecule has 0 atom stereocenters. The molecular weight excluding hydrogens is 222 g/mol. The molecule has 0 bridgehead atoms. The third kappa shape index (κ3) is 2.69. The number of phenolic OH excluding ortho intramolecular Hbond substituents is 1. The monoisotopic (exact) mass is 235 g/mol. The lowest BCUT2D eigenvalue weighted by molar-refractivity contribution is -0.117. The first-order chi connectivity index (χ1) is 8.16. The van der Waals surface area contributed by atoms with Crippen molar-refractivity contribution in [2.75, 3.05) is 18.5 Å². The van der Waals surface area contributed by atoms with E-state index in [4.69, 9.17) is 9.47 Å². The predicted octanol–water partition coefficient (Wildman–Crippen LogP) is 1.53. The Morgan fingerprint density at radius 1 is 1.41 bits per heavy atom. The van der Waals surface area contributed by atoms with E-state index in [-0.39, 0.29) is 17.4 Å². The summed E-state index contributed by atoms with van der Waals surface area (Å²) in [4.78, 5) is 11.8. The highest BCUT2D eigenvalue weighted by Crippen LogP contribution is 2.21. The molecule has 0 unspecified atom stereocenters. The van der Waals surface area contributed by atoms with E-state index in [0.717, 1.165) is 5.56 Å². The number of carbonyl (C=O) groups excluding carboxylic acids is 1. The van der Waals surface area contributed by atoms with E-state index in [1.807, 2.05) is 0 Å². The van der Waals surface area contributed by atoms with Crippen LogP contribution in [0.1, 0.15) is 5.56 Å². The van der Waals surface area contributed by atoms with Crippen LogP contribution >= 0.6 is 0 Å². The fourth-order valence-electron chi connectivity index (χ4n) is 1.46. The quantitative estimate of drug-likeness (QED) is 0.763. The van der Waals surface area contributed by atoms with Crippen LogP contribution in [0.5, 0.6) is 5.75 Å². The summed E-state index contributed by atoms with van der Waals surface area (Å²) in [5, 5.41) is 11.9. The Balaban J connectivity index is 2.10. The zero-order valence-electron chi connectivity index (χ0n) is 9.40. The molecule has 5 heteroatoms. The maximum atomic E-state index is 11.8. The predicted molar refractivity (Wildman–Crippen MR) is 61.5 cm³/mol. The van der Waals surface area contributed by atoms with E-state index < -0.39 is 0 Å². The first-order valence-electron chi connectivity index (χ1n) is 5.22. The molecule has 17 heavy (non-hydrogen) atoms. The average Bonchev–Trinajstić information content (AvgIpc) is 2.34. The summed E-state index contributed by atoms with van der Waals surface area (Å²) in [6, 6.07) is 4.71. The van der Waals surface area contributed by atoms with Crippen molar-refractivity contribution in [1.29, 1.82) is 0 Å². The number of aromatic hydroxyl groups is 1. The number of hydrogen-bond donors (Lipinski definition) is 2. The van der Waals surface area contributed by atoms with Gasteiger partial charge in [-0.05, 0) is 30.7 Å². The van der Waals surface area contributed by atoms with Crippen molar-refractivity contribution in [3.8, 4) is 5.75 Å². The van der Waals surface area contributed by atoms with Crippen molar-refractivity contribution in [3.63, 3.8) is 0 Å². The van der Waals surface area contributed by atoms with E-state index >= 15 is 0 Å². The standard InChI is InChI=1S/C12H13NO4/c1-8-6-9(14)2-3-10(8)13-12(15)11-7-16-4-5-17-11/h2-3,6-7,14H,4-5H2,1H3,(H,13,15). The highest BCUT2D eigenvalue weighted by Gasteiger charge is 2.15. The van der Waals surface area contributed by atoms with Gasteiger partial charge >= 0.3 is 0 Å². The minimum Gasteiger partial charge on any atom is -0.508 e. The molecule has 1 heterocycles. The van der Waals surface area contributed by atoms with Crippen LogP contribution in [0.25, 0.3) is 0 Å². The summed E-state index contributed by atoms with van der Waals surface area (Å²) in [5.74, 6) is -0.0424. The van der Waals surface area contributed by atoms with E-state index in [2.05, 4.69) is 5.32 Å². The van der Waals surface area contributed by atoms with Gasteiger partial charge in [0.15, 0.2) is 0 Å². The van der Waals surface area contributed by atoms with Crippen LogP contribution in [0.15, 0.2) is 30.2 Å². The molecule has 0 radical (unpaired) electrons. The number of hydrogen-bond acceptors (Lipinski definition) is 4. The van der Waals surface area contributed by atoms with Gasteiger partial charge in [-0.1, -0.05) is 0 Å². The summed E-state index contributed by atoms with van der Waals surface area (Å²) in [6.45, 7) is 2.62. The highest BCUT2D eigenvalue weighted by molar-refractivity contribution is 6.02. The molecule has 1 aliphatic heterocycles. The molecule has 0 saturated heterocycles. The third-order valence-electron chi connectivity index (χ3n) is 2.33. The molecule has 2 N–H and O–H groups in total. The maximum Gasteiger partial charge on any atom is 0.294 e. The van der Waals surface area contributed by atoms with Gasteiger partial charge in [-0.2, -0.15) is 0 Å². The molecule has 0 spiro atoms. The Morgan fingerprint density at radius 2 is 2.24 bits per heavy atom. The zero-order valence-corrected chi connectivity index (χ0v) is 9.40. The summed E-state index contributed by atoms with van der Waals surface area (Å²) < 4.78 is 10.2. The van der Waals surface area contributed by atoms with Crippen LogP contribution in [-0.4, -0.2) is 24.2 Å². The largest absolute Gasteiger partial charge is 0.508 e. The number of carbonyl (C=O) groups is 1. The average molecular weight is 235 g/mol. The number of benzene rings is 1. The second-order valence-corrected chi connectivity index (χ2v) is 3.65. The van der Waals surface area contributed by atoms with Gasteiger partial charge < -0.3 is 19.9 Å². The Bertz CT molecular complexity index is 468. The minimum absolute atomic E-state index is 0.156. The normalized spacial score (nSPS) is 14.3. The third-order valence-corrected chi connectivity index (χ3v) is 2.33. The van der Waals surface area contributed by atoms with E-state index in [9.17, 15) is 9.90 Å². The molecule has 1 aromatic rings. The number of rotatable bonds is 2. The first kappa shape index (κ1) is 11.3. The topological polar surface area (TPSA) is 67.8 Å². The lowest BCUT2D eigenvalue weighted by Crippen LogP contribution is -2.21. The van der Waals surface area contributed by atoms with Gasteiger partial charge in [-0.25, -0.2) is 0 Å². The van der Waals surface area contributed by atoms with Gasteiger partial charge in [0.05, 0.1) is 0 Å². The second-order valence-electron chi connectivity index (χ2n) is 3.65. The fourth-order valence-corrected chi connectivity index (χ4v) is 1.46. The van der Waals surface area contributed by atoms with E-state index in [1.54, 1.807) is 19.1 Å². The number of anilines is 1. The number of nitrogens with one attached hydrogen (secondary N) is 1. The zero-order chi connectivity index (χ0) is 12.3. The van der Waals surface area contributed by atoms with E-state index in [0.29, 0.717) is 18.9 Å². The first-order valence-corrected chi connectivity index (χ1v) is 5.22. The molecule has 0 fully saturated rings. The highest BCUT2D eigenvalue weighted by atomic mass is 16.6. The van der Waals surface area contributed by atoms with Crippen LogP contribution in [-0.2, 0) is 14.3 Å². The number of phenols is 1. The smallest absolute Gasteiger partial charge is 0.294 e. The van der Waals surface area contributed by atoms with Crippen LogP contribution in [0.3, 0.4) is 0 Å². The summed E-state index contributed by atoms with van der Waals surface area (Å²) >= 11 is 0. The molecule has 0 aliphatic carbocycles. The van der Waals surface area contributed by atoms with Crippen molar-refractivity contribution < 1.29 is 19.4 Å². The van der Waals surface area contributed by atoms with Crippen molar-refractivity contribution in [3.05, 3.63) is 35.8 Å². The van der Waals surface area contributed by atoms with Crippen LogP contribution in [0.4, 0.5) is 5.69 Å². The molecule has 0 saturated carbocycles.